The molecule has 6 heteroatoms. The summed E-state index contributed by atoms with van der Waals surface area (Å²) in [4.78, 5) is 24.4. The van der Waals surface area contributed by atoms with Crippen LogP contribution < -0.4 is 0 Å². The summed E-state index contributed by atoms with van der Waals surface area (Å²) in [6, 6.07) is 4.69. The fourth-order valence-electron chi connectivity index (χ4n) is 2.30. The summed E-state index contributed by atoms with van der Waals surface area (Å²) < 4.78 is 32.4. The van der Waals surface area contributed by atoms with E-state index in [1.165, 1.54) is 6.07 Å². The van der Waals surface area contributed by atoms with Crippen LogP contribution in [0.15, 0.2) is 22.7 Å². The van der Waals surface area contributed by atoms with E-state index in [1.807, 2.05) is 0 Å². The molecule has 3 nitrogen and oxygen atoms in total. The second-order valence-electron chi connectivity index (χ2n) is 5.00. The number of alkyl halides is 2. The summed E-state index contributed by atoms with van der Waals surface area (Å²) in [5.74, 6) is -2.02. The van der Waals surface area contributed by atoms with Gasteiger partial charge in [0.25, 0.3) is 6.43 Å². The molecule has 1 aliphatic rings. The van der Waals surface area contributed by atoms with Crippen LogP contribution in [-0.4, -0.2) is 24.3 Å². The van der Waals surface area contributed by atoms with E-state index in [4.69, 9.17) is 4.74 Å². The minimum Gasteiger partial charge on any atom is -0.462 e. The maximum atomic E-state index is 13.5. The Balaban J connectivity index is 2.51. The van der Waals surface area contributed by atoms with Crippen LogP contribution >= 0.6 is 15.9 Å². The average Bonchev–Trinajstić information content (AvgIpc) is 2.65. The molecule has 0 saturated heterocycles. The molecule has 0 aromatic heterocycles. The minimum atomic E-state index is -3.11. The first-order valence-corrected chi connectivity index (χ1v) is 6.91. The third kappa shape index (κ3) is 2.16. The summed E-state index contributed by atoms with van der Waals surface area (Å²) in [7, 11) is 0. The van der Waals surface area contributed by atoms with E-state index >= 15 is 0 Å². The van der Waals surface area contributed by atoms with Gasteiger partial charge in [0, 0.05) is 16.5 Å². The third-order valence-electron chi connectivity index (χ3n) is 3.30. The second-order valence-corrected chi connectivity index (χ2v) is 5.85. The quantitative estimate of drug-likeness (QED) is 0.622. The fraction of sp³-hybridized carbons (Fsp3) is 0.429. The fourth-order valence-corrected chi connectivity index (χ4v) is 2.81. The van der Waals surface area contributed by atoms with E-state index in [-0.39, 0.29) is 12.0 Å². The Labute approximate surface area is 123 Å². The average molecular weight is 347 g/mol. The summed E-state index contributed by atoms with van der Waals surface area (Å²) in [5.41, 5.74) is -1.84. The molecule has 0 amide bonds. The Hall–Kier alpha value is -1.30. The molecular formula is C14H13BrF2O3. The van der Waals surface area contributed by atoms with Crippen molar-refractivity contribution < 1.29 is 23.1 Å². The topological polar surface area (TPSA) is 43.4 Å². The predicted octanol–water partition coefficient (Wildman–Crippen LogP) is 3.39. The lowest BCUT2D eigenvalue weighted by Crippen LogP contribution is -2.45. The molecule has 0 aliphatic heterocycles. The van der Waals surface area contributed by atoms with E-state index < -0.39 is 29.7 Å². The van der Waals surface area contributed by atoms with Crippen LogP contribution in [0.3, 0.4) is 0 Å². The molecule has 0 radical (unpaired) electrons. The summed E-state index contributed by atoms with van der Waals surface area (Å²) in [6.45, 7) is 3.11. The van der Waals surface area contributed by atoms with Crippen molar-refractivity contribution in [2.75, 3.05) is 0 Å². The van der Waals surface area contributed by atoms with E-state index in [9.17, 15) is 18.4 Å². The van der Waals surface area contributed by atoms with Gasteiger partial charge in [-0.1, -0.05) is 28.1 Å². The Kier molecular flexibility index (Phi) is 3.95. The highest BCUT2D eigenvalue weighted by atomic mass is 79.9. The van der Waals surface area contributed by atoms with Crippen LogP contribution in [-0.2, 0) is 16.0 Å². The van der Waals surface area contributed by atoms with Crippen molar-refractivity contribution >= 4 is 27.7 Å². The Morgan fingerprint density at radius 1 is 1.40 bits per heavy atom. The zero-order valence-electron chi connectivity index (χ0n) is 11.0. The number of esters is 1. The molecule has 20 heavy (non-hydrogen) atoms. The maximum Gasteiger partial charge on any atom is 0.326 e. The van der Waals surface area contributed by atoms with Crippen LogP contribution in [0.25, 0.3) is 0 Å². The van der Waals surface area contributed by atoms with Gasteiger partial charge in [0.05, 0.1) is 6.10 Å². The highest BCUT2D eigenvalue weighted by Crippen LogP contribution is 2.45. The van der Waals surface area contributed by atoms with Crippen molar-refractivity contribution in [3.8, 4) is 0 Å². The van der Waals surface area contributed by atoms with Gasteiger partial charge in [-0.3, -0.25) is 9.59 Å². The second kappa shape index (κ2) is 5.24. The van der Waals surface area contributed by atoms with Crippen molar-refractivity contribution in [3.63, 3.8) is 0 Å². The number of Topliss-reactive ketones (excluding diaryl/α,β-unsaturated/α-hetero) is 1. The van der Waals surface area contributed by atoms with E-state index in [2.05, 4.69) is 15.9 Å². The van der Waals surface area contributed by atoms with Gasteiger partial charge in [0.1, 0.15) is 0 Å². The van der Waals surface area contributed by atoms with Gasteiger partial charge in [-0.2, -0.15) is 0 Å². The van der Waals surface area contributed by atoms with Crippen LogP contribution in [0.4, 0.5) is 8.78 Å². The van der Waals surface area contributed by atoms with Gasteiger partial charge in [-0.15, -0.1) is 0 Å². The molecule has 0 N–H and O–H groups in total. The van der Waals surface area contributed by atoms with E-state index in [1.54, 1.807) is 26.0 Å². The van der Waals surface area contributed by atoms with Gasteiger partial charge >= 0.3 is 5.97 Å². The lowest BCUT2D eigenvalue weighted by atomic mass is 9.84. The van der Waals surface area contributed by atoms with Crippen LogP contribution in [0.5, 0.6) is 0 Å². The zero-order valence-corrected chi connectivity index (χ0v) is 12.5. The Bertz CT molecular complexity index is 572. The van der Waals surface area contributed by atoms with Crippen LogP contribution in [0, 0.1) is 5.41 Å². The van der Waals surface area contributed by atoms with Gasteiger partial charge in [0.2, 0.25) is 0 Å². The molecule has 0 heterocycles. The van der Waals surface area contributed by atoms with Crippen molar-refractivity contribution in [1.29, 1.82) is 0 Å². The first-order valence-electron chi connectivity index (χ1n) is 6.12. The summed E-state index contributed by atoms with van der Waals surface area (Å²) >= 11 is 3.23. The maximum absolute atomic E-state index is 13.5. The van der Waals surface area contributed by atoms with Crippen molar-refractivity contribution in [3.05, 3.63) is 33.8 Å². The first-order chi connectivity index (χ1) is 9.30. The molecule has 0 spiro atoms. The zero-order chi connectivity index (χ0) is 15.1. The van der Waals surface area contributed by atoms with Gasteiger partial charge < -0.3 is 4.74 Å². The smallest absolute Gasteiger partial charge is 0.326 e. The minimum absolute atomic E-state index is 0.153. The standard InChI is InChI=1S/C14H13BrF2O3/c1-7(2)20-13(19)14(12(16)17)6-9-8(11(14)18)4-3-5-10(9)15/h3-5,7,12H,6H2,1-2H3. The summed E-state index contributed by atoms with van der Waals surface area (Å²) in [6.07, 6.45) is -4.01. The normalized spacial score (nSPS) is 21.4. The molecule has 1 aromatic rings. The molecule has 1 atom stereocenters. The molecule has 0 fully saturated rings. The molecule has 1 aromatic carbocycles. The largest absolute Gasteiger partial charge is 0.462 e. The lowest BCUT2D eigenvalue weighted by Gasteiger charge is -2.25. The van der Waals surface area contributed by atoms with Gasteiger partial charge in [0.15, 0.2) is 11.2 Å². The number of benzene rings is 1. The van der Waals surface area contributed by atoms with Gasteiger partial charge in [-0.25, -0.2) is 8.78 Å². The predicted molar refractivity (Wildman–Crippen MR) is 71.8 cm³/mol. The number of ether oxygens (including phenoxy) is 1. The number of hydrogen-bond acceptors (Lipinski definition) is 3. The number of carbonyl (C=O) groups is 2. The van der Waals surface area contributed by atoms with Crippen molar-refractivity contribution in [2.24, 2.45) is 5.41 Å². The number of halogens is 3. The number of fused-ring (bicyclic) bond motifs is 1. The monoisotopic (exact) mass is 346 g/mol. The van der Waals surface area contributed by atoms with Crippen LogP contribution in [0.1, 0.15) is 29.8 Å². The first kappa shape index (κ1) is 15.1. The molecule has 108 valence electrons. The molecule has 0 saturated carbocycles. The number of ketones is 1. The van der Waals surface area contributed by atoms with Crippen molar-refractivity contribution in [1.82, 2.24) is 0 Å². The number of hydrogen-bond donors (Lipinski definition) is 0. The summed E-state index contributed by atoms with van der Waals surface area (Å²) in [5, 5.41) is 0. The van der Waals surface area contributed by atoms with E-state index in [0.717, 1.165) is 0 Å². The number of carbonyl (C=O) groups excluding carboxylic acids is 2. The molecule has 1 unspecified atom stereocenters. The Morgan fingerprint density at radius 3 is 2.55 bits per heavy atom. The SMILES string of the molecule is CC(C)OC(=O)C1(C(F)F)Cc2c(Br)cccc2C1=O. The van der Waals surface area contributed by atoms with E-state index in [0.29, 0.717) is 10.0 Å². The van der Waals surface area contributed by atoms with Crippen LogP contribution in [0.2, 0.25) is 0 Å². The molecule has 1 aliphatic carbocycles. The molecular weight excluding hydrogens is 334 g/mol. The van der Waals surface area contributed by atoms with Crippen molar-refractivity contribution in [2.45, 2.75) is 32.8 Å². The third-order valence-corrected chi connectivity index (χ3v) is 4.05. The highest BCUT2D eigenvalue weighted by molar-refractivity contribution is 9.10. The molecule has 0 bridgehead atoms. The lowest BCUT2D eigenvalue weighted by molar-refractivity contribution is -0.164. The Morgan fingerprint density at radius 2 is 2.05 bits per heavy atom. The van der Waals surface area contributed by atoms with Gasteiger partial charge in [-0.05, 0) is 25.5 Å². The number of rotatable bonds is 3. The highest BCUT2D eigenvalue weighted by Gasteiger charge is 2.60. The molecule has 2 rings (SSSR count).